The van der Waals surface area contributed by atoms with Gasteiger partial charge >= 0.3 is 5.97 Å². The van der Waals surface area contributed by atoms with Crippen molar-refractivity contribution in [3.05, 3.63) is 87.9 Å². The smallest absolute Gasteiger partial charge is 0.326 e. The SMILES string of the molecule is CC(C)c1ccc(C[C@H](NC(=O)c2cc3ccc(Oc4ccc(C(C)(C)C)cc4)cc3cn2)C(=O)O)s1. The molecule has 4 rings (SSSR count). The molecule has 0 aliphatic carbocycles. The Morgan fingerprint density at radius 2 is 1.68 bits per heavy atom. The molecule has 4 aromatic rings. The van der Waals surface area contributed by atoms with Gasteiger partial charge in [0.25, 0.3) is 5.91 Å². The van der Waals surface area contributed by atoms with E-state index in [1.807, 2.05) is 42.5 Å². The Kier molecular flexibility index (Phi) is 7.64. The first kappa shape index (κ1) is 26.4. The molecule has 1 amide bonds. The van der Waals surface area contributed by atoms with Gasteiger partial charge in [-0.15, -0.1) is 11.3 Å². The maximum Gasteiger partial charge on any atom is 0.326 e. The third-order valence-electron chi connectivity index (χ3n) is 6.14. The summed E-state index contributed by atoms with van der Waals surface area (Å²) >= 11 is 1.57. The van der Waals surface area contributed by atoms with Gasteiger partial charge in [0.15, 0.2) is 0 Å². The molecule has 0 aliphatic heterocycles. The van der Waals surface area contributed by atoms with Crippen LogP contribution in [0.4, 0.5) is 0 Å². The Balaban J connectivity index is 1.45. The van der Waals surface area contributed by atoms with Gasteiger partial charge in [-0.3, -0.25) is 9.78 Å². The van der Waals surface area contributed by atoms with E-state index in [4.69, 9.17) is 4.74 Å². The van der Waals surface area contributed by atoms with E-state index < -0.39 is 17.9 Å². The summed E-state index contributed by atoms with van der Waals surface area (Å²) in [5.41, 5.74) is 1.47. The third-order valence-corrected chi connectivity index (χ3v) is 7.55. The molecule has 2 N–H and O–H groups in total. The third kappa shape index (κ3) is 6.54. The summed E-state index contributed by atoms with van der Waals surface area (Å²) in [6.07, 6.45) is 1.83. The minimum Gasteiger partial charge on any atom is -0.480 e. The minimum atomic E-state index is -1.08. The van der Waals surface area contributed by atoms with E-state index in [9.17, 15) is 14.7 Å². The lowest BCUT2D eigenvalue weighted by atomic mass is 9.87. The van der Waals surface area contributed by atoms with Crippen molar-refractivity contribution < 1.29 is 19.4 Å². The highest BCUT2D eigenvalue weighted by molar-refractivity contribution is 7.12. The maximum absolute atomic E-state index is 12.9. The molecule has 0 saturated carbocycles. The quantitative estimate of drug-likeness (QED) is 0.265. The normalized spacial score (nSPS) is 12.5. The number of aromatic nitrogens is 1. The molecule has 0 saturated heterocycles. The van der Waals surface area contributed by atoms with Crippen LogP contribution in [0.5, 0.6) is 11.5 Å². The van der Waals surface area contributed by atoms with Gasteiger partial charge in [-0.25, -0.2) is 4.79 Å². The van der Waals surface area contributed by atoms with Crippen molar-refractivity contribution in [2.75, 3.05) is 0 Å². The molecule has 192 valence electrons. The molecule has 6 nitrogen and oxygen atoms in total. The molecule has 7 heteroatoms. The number of nitrogens with one attached hydrogen (secondary N) is 1. The van der Waals surface area contributed by atoms with Crippen LogP contribution in [0.25, 0.3) is 10.8 Å². The summed E-state index contributed by atoms with van der Waals surface area (Å²) in [7, 11) is 0. The van der Waals surface area contributed by atoms with Crippen LogP contribution >= 0.6 is 11.3 Å². The molecule has 37 heavy (non-hydrogen) atoms. The van der Waals surface area contributed by atoms with E-state index in [0.29, 0.717) is 11.7 Å². The van der Waals surface area contributed by atoms with Crippen LogP contribution in [-0.4, -0.2) is 28.0 Å². The van der Waals surface area contributed by atoms with Crippen molar-refractivity contribution in [2.24, 2.45) is 0 Å². The van der Waals surface area contributed by atoms with Crippen LogP contribution in [0.1, 0.15) is 66.3 Å². The zero-order chi connectivity index (χ0) is 26.7. The van der Waals surface area contributed by atoms with Crippen LogP contribution < -0.4 is 10.1 Å². The number of hydrogen-bond acceptors (Lipinski definition) is 5. The van der Waals surface area contributed by atoms with E-state index >= 15 is 0 Å². The van der Waals surface area contributed by atoms with Gasteiger partial charge in [-0.2, -0.15) is 0 Å². The van der Waals surface area contributed by atoms with Crippen LogP contribution in [0.2, 0.25) is 0 Å². The van der Waals surface area contributed by atoms with Crippen molar-refractivity contribution in [2.45, 2.75) is 58.4 Å². The monoisotopic (exact) mass is 516 g/mol. The molecule has 0 spiro atoms. The van der Waals surface area contributed by atoms with Crippen LogP contribution in [-0.2, 0) is 16.6 Å². The maximum atomic E-state index is 12.9. The predicted octanol–water partition coefficient (Wildman–Crippen LogP) is 6.94. The standard InChI is InChI=1S/C30H32N2O4S/c1-18(2)27-13-12-24(37-27)16-26(29(34)35)32-28(33)25-15-19-6-9-23(14-20(19)17-31-25)36-22-10-7-21(8-11-22)30(3,4)5/h6-15,17-18,26H,16H2,1-5H3,(H,32,33)(H,34,35)/t26-/m0/s1. The molecule has 2 aromatic heterocycles. The second-order valence-electron chi connectivity index (χ2n) is 10.5. The first-order valence-electron chi connectivity index (χ1n) is 12.3. The highest BCUT2D eigenvalue weighted by Crippen LogP contribution is 2.29. The molecule has 0 bridgehead atoms. The molecule has 0 unspecified atom stereocenters. The number of carbonyl (C=O) groups excluding carboxylic acids is 1. The molecule has 2 aromatic carbocycles. The number of benzene rings is 2. The van der Waals surface area contributed by atoms with Crippen molar-refractivity contribution in [1.29, 1.82) is 0 Å². The van der Waals surface area contributed by atoms with Gasteiger partial charge in [0.1, 0.15) is 23.2 Å². The van der Waals surface area contributed by atoms with Crippen molar-refractivity contribution in [1.82, 2.24) is 10.3 Å². The zero-order valence-electron chi connectivity index (χ0n) is 21.7. The van der Waals surface area contributed by atoms with Gasteiger partial charge in [-0.05, 0) is 64.7 Å². The molecule has 2 heterocycles. The van der Waals surface area contributed by atoms with Crippen LogP contribution in [0.15, 0.2) is 66.9 Å². The Morgan fingerprint density at radius 3 is 2.30 bits per heavy atom. The number of pyridine rings is 1. The lowest BCUT2D eigenvalue weighted by Gasteiger charge is -2.19. The highest BCUT2D eigenvalue weighted by Gasteiger charge is 2.23. The predicted molar refractivity (Wildman–Crippen MR) is 148 cm³/mol. The minimum absolute atomic E-state index is 0.0723. The number of ether oxygens (including phenoxy) is 1. The number of nitrogens with zero attached hydrogens (tertiary/aromatic N) is 1. The molecule has 0 radical (unpaired) electrons. The van der Waals surface area contributed by atoms with Gasteiger partial charge in [0, 0.05) is 27.8 Å². The fraction of sp³-hybridized carbons (Fsp3) is 0.300. The number of amides is 1. The molecule has 0 fully saturated rings. The second kappa shape index (κ2) is 10.7. The first-order chi connectivity index (χ1) is 17.5. The van der Waals surface area contributed by atoms with E-state index in [2.05, 4.69) is 57.1 Å². The van der Waals surface area contributed by atoms with Crippen LogP contribution in [0, 0.1) is 0 Å². The number of carbonyl (C=O) groups is 2. The highest BCUT2D eigenvalue weighted by atomic mass is 32.1. The van der Waals surface area contributed by atoms with Gasteiger partial charge in [0.2, 0.25) is 0 Å². The topological polar surface area (TPSA) is 88.5 Å². The fourth-order valence-electron chi connectivity index (χ4n) is 3.91. The lowest BCUT2D eigenvalue weighted by Crippen LogP contribution is -2.42. The zero-order valence-corrected chi connectivity index (χ0v) is 22.6. The van der Waals surface area contributed by atoms with E-state index in [-0.39, 0.29) is 17.5 Å². The summed E-state index contributed by atoms with van der Waals surface area (Å²) in [6, 6.07) is 18.2. The molecule has 0 aliphatic rings. The molecular weight excluding hydrogens is 484 g/mol. The number of hydrogen-bond donors (Lipinski definition) is 2. The molecule has 1 atom stereocenters. The summed E-state index contributed by atoms with van der Waals surface area (Å²) in [5.74, 6) is 0.179. The van der Waals surface area contributed by atoms with Gasteiger partial charge < -0.3 is 15.2 Å². The fourth-order valence-corrected chi connectivity index (χ4v) is 4.98. The van der Waals surface area contributed by atoms with Gasteiger partial charge in [-0.1, -0.05) is 52.8 Å². The van der Waals surface area contributed by atoms with Crippen molar-refractivity contribution in [3.8, 4) is 11.5 Å². The van der Waals surface area contributed by atoms with Crippen molar-refractivity contribution in [3.63, 3.8) is 0 Å². The lowest BCUT2D eigenvalue weighted by molar-refractivity contribution is -0.139. The van der Waals surface area contributed by atoms with E-state index in [0.717, 1.165) is 21.4 Å². The number of rotatable bonds is 8. The Morgan fingerprint density at radius 1 is 0.973 bits per heavy atom. The number of aliphatic carboxylic acids is 1. The number of thiophene rings is 1. The Bertz CT molecular complexity index is 1420. The summed E-state index contributed by atoms with van der Waals surface area (Å²) in [6.45, 7) is 10.7. The van der Waals surface area contributed by atoms with Crippen molar-refractivity contribution >= 4 is 34.0 Å². The summed E-state index contributed by atoms with van der Waals surface area (Å²) in [5, 5.41) is 13.9. The average Bonchev–Trinajstić information content (AvgIpc) is 3.32. The number of carboxylic acids is 1. The number of carboxylic acid groups (broad SMARTS) is 1. The average molecular weight is 517 g/mol. The van der Waals surface area contributed by atoms with Gasteiger partial charge in [0.05, 0.1) is 0 Å². The number of fused-ring (bicyclic) bond motifs is 1. The summed E-state index contributed by atoms with van der Waals surface area (Å²) < 4.78 is 6.01. The largest absolute Gasteiger partial charge is 0.480 e. The first-order valence-corrected chi connectivity index (χ1v) is 13.1. The van der Waals surface area contributed by atoms with Crippen LogP contribution in [0.3, 0.4) is 0 Å². The van der Waals surface area contributed by atoms with E-state index in [1.54, 1.807) is 23.6 Å². The Labute approximate surface area is 221 Å². The Hall–Kier alpha value is -3.71. The molecular formula is C30H32N2O4S. The summed E-state index contributed by atoms with van der Waals surface area (Å²) in [4.78, 5) is 31.1. The second-order valence-corrected chi connectivity index (χ2v) is 11.7. The van der Waals surface area contributed by atoms with E-state index in [1.165, 1.54) is 10.4 Å².